The number of hydrogen-bond acceptors (Lipinski definition) is 7. The molecule has 0 saturated heterocycles. The molecule has 0 spiro atoms. The molecular formula is C103H116N10. The Morgan fingerprint density at radius 2 is 0.841 bits per heavy atom. The minimum atomic E-state index is 0.465. The van der Waals surface area contributed by atoms with Gasteiger partial charge in [0.15, 0.2) is 0 Å². The number of benzene rings is 7. The molecule has 1 aliphatic carbocycles. The Hall–Kier alpha value is -11.8. The van der Waals surface area contributed by atoms with E-state index in [9.17, 15) is 0 Å². The number of imidazole rings is 2. The second-order valence-corrected chi connectivity index (χ2v) is 31.8. The van der Waals surface area contributed by atoms with Crippen molar-refractivity contribution in [1.82, 2.24) is 48.1 Å². The summed E-state index contributed by atoms with van der Waals surface area (Å²) in [5.74, 6) is 5.84. The van der Waals surface area contributed by atoms with E-state index in [-0.39, 0.29) is 0 Å². The molecule has 17 aromatic rings. The van der Waals surface area contributed by atoms with Crippen molar-refractivity contribution < 1.29 is 0 Å². The highest BCUT2D eigenvalue weighted by atomic mass is 15.1. The molecule has 0 amide bonds. The van der Waals surface area contributed by atoms with Crippen LogP contribution in [-0.2, 0) is 6.42 Å². The van der Waals surface area contributed by atoms with Gasteiger partial charge in [-0.25, -0.2) is 15.0 Å². The van der Waals surface area contributed by atoms with Crippen molar-refractivity contribution in [3.05, 3.63) is 366 Å². The summed E-state index contributed by atoms with van der Waals surface area (Å²) in [5.41, 5.74) is 21.4. The number of fused-ring (bicyclic) bond motifs is 9. The van der Waals surface area contributed by atoms with Gasteiger partial charge in [-0.2, -0.15) is 0 Å². The monoisotopic (exact) mass is 1490 g/mol. The predicted octanol–water partition coefficient (Wildman–Crippen LogP) is 28.1. The van der Waals surface area contributed by atoms with Crippen molar-refractivity contribution in [2.24, 2.45) is 5.92 Å². The first-order valence-electron chi connectivity index (χ1n) is 40.4. The van der Waals surface area contributed by atoms with Crippen molar-refractivity contribution in [2.75, 3.05) is 0 Å². The highest BCUT2D eigenvalue weighted by Gasteiger charge is 2.14. The fourth-order valence-corrected chi connectivity index (χ4v) is 13.0. The molecule has 10 nitrogen and oxygen atoms in total. The largest absolute Gasteiger partial charge is 0.324 e. The van der Waals surface area contributed by atoms with Crippen molar-refractivity contribution in [2.45, 2.75) is 178 Å². The van der Waals surface area contributed by atoms with E-state index in [1.54, 1.807) is 11.8 Å². The Balaban J connectivity index is 0.000000135. The molecule has 0 unspecified atom stereocenters. The van der Waals surface area contributed by atoms with Gasteiger partial charge in [-0.15, -0.1) is 0 Å². The third kappa shape index (κ3) is 23.7. The van der Waals surface area contributed by atoms with Gasteiger partial charge < -0.3 is 8.80 Å². The molecule has 10 heteroatoms. The first-order chi connectivity index (χ1) is 54.5. The summed E-state index contributed by atoms with van der Waals surface area (Å²) in [6.45, 7) is 39.5. The van der Waals surface area contributed by atoms with Crippen LogP contribution in [0.3, 0.4) is 0 Å². The van der Waals surface area contributed by atoms with Gasteiger partial charge in [-0.3, -0.25) is 24.3 Å². The number of nitrogens with zero attached hydrogens (tertiary/aromatic N) is 10. The summed E-state index contributed by atoms with van der Waals surface area (Å²) in [6, 6.07) is 84.0. The summed E-state index contributed by atoms with van der Waals surface area (Å²) in [6.07, 6.45) is 23.3. The lowest BCUT2D eigenvalue weighted by Gasteiger charge is -2.08. The van der Waals surface area contributed by atoms with Gasteiger partial charge in [-0.1, -0.05) is 294 Å². The first-order valence-corrected chi connectivity index (χ1v) is 40.4. The van der Waals surface area contributed by atoms with Crippen LogP contribution in [0.5, 0.6) is 0 Å². The van der Waals surface area contributed by atoms with E-state index in [4.69, 9.17) is 0 Å². The van der Waals surface area contributed by atoms with Gasteiger partial charge >= 0.3 is 0 Å². The third-order valence-electron chi connectivity index (χ3n) is 20.1. The molecule has 0 bridgehead atoms. The molecular weight excluding hydrogens is 1380 g/mol. The van der Waals surface area contributed by atoms with E-state index in [0.29, 0.717) is 53.3 Å². The lowest BCUT2D eigenvalue weighted by molar-refractivity contribution is 0.754. The maximum atomic E-state index is 4.57. The number of rotatable bonds is 9. The van der Waals surface area contributed by atoms with Gasteiger partial charge in [0.05, 0.1) is 33.5 Å². The molecule has 0 saturated carbocycles. The van der Waals surface area contributed by atoms with Crippen LogP contribution in [-0.4, -0.2) is 48.1 Å². The minimum Gasteiger partial charge on any atom is -0.324 e. The zero-order valence-electron chi connectivity index (χ0n) is 69.8. The first kappa shape index (κ1) is 83.7. The van der Waals surface area contributed by atoms with Crippen molar-refractivity contribution in [3.8, 4) is 0 Å². The zero-order chi connectivity index (χ0) is 80.5. The molecule has 0 aliphatic heterocycles. The summed E-state index contributed by atoms with van der Waals surface area (Å²) in [4.78, 5) is 30.6. The van der Waals surface area contributed by atoms with E-state index in [0.717, 1.165) is 51.3 Å². The summed E-state index contributed by atoms with van der Waals surface area (Å²) < 4.78 is 6.15. The standard InChI is InChI=1S/C13H14.4C12H13N.C12H14.C11H13N.C10H12N2.C9H11N3/c1-10(2)12-9-5-7-11-6-3-4-8-13(11)12;1-9(2)11-7-3-5-10-6-4-8-13-12(10)11;1-9(2)10-5-6-12-11(8-10)4-3-7-13-12;1-9(2)11-7-10-5-3-4-6-12(10)13-8-11;1-9(2)11-8-7-10-5-3-4-6-12(10)13-11;1-9(2)12-7-10-5-3-4-6-11(10)8-12;1-9(2)10-7-11-5-3-4-6-12(11)8-10;1-8(2)9-7-12-6-4-3-5-10(12)11-9;1-7(2)8-6-12-5-3-4-10-9(12)11-8/h3-10H,1-2H3;4*3-9H,1-2H3;3-7,9H,8H2,1-2H3;3-9H,1-2H3;3-8H,1-2H3;3-7H,1-2H3. The minimum absolute atomic E-state index is 0.465. The van der Waals surface area contributed by atoms with Crippen LogP contribution < -0.4 is 0 Å². The van der Waals surface area contributed by atoms with Crippen LogP contribution in [0.2, 0.25) is 0 Å². The molecule has 578 valence electrons. The van der Waals surface area contributed by atoms with Gasteiger partial charge in [0.25, 0.3) is 0 Å². The van der Waals surface area contributed by atoms with E-state index in [1.807, 2.05) is 108 Å². The van der Waals surface area contributed by atoms with E-state index >= 15 is 0 Å². The molecule has 10 heterocycles. The van der Waals surface area contributed by atoms with Crippen molar-refractivity contribution in [1.29, 1.82) is 0 Å². The van der Waals surface area contributed by atoms with Crippen LogP contribution in [0.4, 0.5) is 0 Å². The van der Waals surface area contributed by atoms with Crippen LogP contribution >= 0.6 is 0 Å². The maximum absolute atomic E-state index is 4.57. The molecule has 0 atom stereocenters. The lowest BCUT2D eigenvalue weighted by Crippen LogP contribution is -1.92. The molecule has 0 N–H and O–H groups in total. The average molecular weight is 1490 g/mol. The van der Waals surface area contributed by atoms with Crippen LogP contribution in [0, 0.1) is 5.92 Å². The topological polar surface area (TPSA) is 103 Å². The lowest BCUT2D eigenvalue weighted by atomic mass is 9.96. The average Bonchev–Trinajstić information content (AvgIpc) is 0.970. The Morgan fingerprint density at radius 3 is 1.50 bits per heavy atom. The molecule has 113 heavy (non-hydrogen) atoms. The summed E-state index contributed by atoms with van der Waals surface area (Å²) in [7, 11) is 0. The number of pyridine rings is 6. The van der Waals surface area contributed by atoms with Crippen molar-refractivity contribution >= 4 is 77.4 Å². The van der Waals surface area contributed by atoms with E-state index in [1.165, 1.54) is 82.5 Å². The quantitative estimate of drug-likeness (QED) is 0.142. The molecule has 0 radical (unpaired) electrons. The number of aromatic nitrogens is 10. The fourth-order valence-electron chi connectivity index (χ4n) is 13.0. The number of para-hydroxylation sites is 3. The van der Waals surface area contributed by atoms with Crippen LogP contribution in [0.25, 0.3) is 77.4 Å². The second-order valence-electron chi connectivity index (χ2n) is 31.8. The van der Waals surface area contributed by atoms with Gasteiger partial charge in [0.1, 0.15) is 5.65 Å². The Morgan fingerprint density at radius 1 is 0.301 bits per heavy atom. The molecule has 1 aliphatic rings. The zero-order valence-corrected chi connectivity index (χ0v) is 69.8. The molecule has 7 aromatic carbocycles. The SMILES string of the molecule is CC(C)C1=Cc2ccccc2C1.CC(C)c1cc2ccccn2c1.CC(C)c1ccc2ccccc2n1.CC(C)c1ccc2ncccc2c1.CC(C)c1cccc2ccccc12.CC(C)c1cccc2cccnc12.CC(C)c1cn2ccccc2n1.CC(C)c1cn2cccnc2n1.CC(C)c1cnc2ccccc2c1. The summed E-state index contributed by atoms with van der Waals surface area (Å²) in [5, 5.41) is 7.64. The Kier molecular flexibility index (Phi) is 30.4. The van der Waals surface area contributed by atoms with Crippen molar-refractivity contribution in [3.63, 3.8) is 0 Å². The third-order valence-corrected chi connectivity index (χ3v) is 20.1. The molecule has 10 aromatic heterocycles. The fraction of sp³-hybridized carbons (Fsp3) is 0.272. The highest BCUT2D eigenvalue weighted by Crippen LogP contribution is 2.30. The van der Waals surface area contributed by atoms with Gasteiger partial charge in [0, 0.05) is 94.7 Å². The number of allylic oxidation sites excluding steroid dienone is 1. The molecule has 0 fully saturated rings. The second kappa shape index (κ2) is 41.0. The highest BCUT2D eigenvalue weighted by molar-refractivity contribution is 5.86. The normalized spacial score (nSPS) is 11.5. The smallest absolute Gasteiger partial charge is 0.233 e. The van der Waals surface area contributed by atoms with Crippen LogP contribution in [0.15, 0.2) is 310 Å². The van der Waals surface area contributed by atoms with Crippen LogP contribution in [0.1, 0.15) is 228 Å². The van der Waals surface area contributed by atoms with Gasteiger partial charge in [0.2, 0.25) is 5.78 Å². The number of hydrogen-bond donors (Lipinski definition) is 0. The predicted molar refractivity (Wildman–Crippen MR) is 482 cm³/mol. The Labute approximate surface area is 671 Å². The van der Waals surface area contributed by atoms with Gasteiger partial charge in [-0.05, 0) is 194 Å². The summed E-state index contributed by atoms with van der Waals surface area (Å²) >= 11 is 0. The van der Waals surface area contributed by atoms with E-state index in [2.05, 4.69) is 369 Å². The Bertz CT molecular complexity index is 5250. The van der Waals surface area contributed by atoms with E-state index < -0.39 is 0 Å². The maximum Gasteiger partial charge on any atom is 0.233 e. The molecule has 18 rings (SSSR count).